The standard InChI is InChI=1S/C22H29N5O3.HI/c1-16(28)26-19-6-5-7-20(14-19)30-13-12-24-22(23-2)25-15-17-8-10-18(11-9-17)21(29)27(3)4;/h5-11,14H,12-13,15H2,1-4H3,(H,26,28)(H2,23,24,25);1H. The third-order valence-corrected chi connectivity index (χ3v) is 4.11. The molecule has 2 aromatic rings. The molecule has 0 unspecified atom stereocenters. The van der Waals surface area contributed by atoms with Gasteiger partial charge < -0.3 is 25.6 Å². The van der Waals surface area contributed by atoms with Crippen molar-refractivity contribution in [3.05, 3.63) is 59.7 Å². The highest BCUT2D eigenvalue weighted by Crippen LogP contribution is 2.17. The summed E-state index contributed by atoms with van der Waals surface area (Å²) >= 11 is 0. The Balaban J connectivity index is 0.00000480. The molecule has 3 N–H and O–H groups in total. The average molecular weight is 539 g/mol. The van der Waals surface area contributed by atoms with Gasteiger partial charge in [0, 0.05) is 51.9 Å². The van der Waals surface area contributed by atoms with Crippen molar-refractivity contribution in [2.45, 2.75) is 13.5 Å². The number of nitrogens with zero attached hydrogens (tertiary/aromatic N) is 2. The van der Waals surface area contributed by atoms with E-state index in [9.17, 15) is 9.59 Å². The van der Waals surface area contributed by atoms with Crippen LogP contribution in [-0.4, -0.2) is 57.0 Å². The van der Waals surface area contributed by atoms with E-state index in [0.717, 1.165) is 5.56 Å². The fraction of sp³-hybridized carbons (Fsp3) is 0.318. The molecule has 0 atom stereocenters. The zero-order valence-corrected chi connectivity index (χ0v) is 20.6. The summed E-state index contributed by atoms with van der Waals surface area (Å²) in [5.41, 5.74) is 2.40. The van der Waals surface area contributed by atoms with Gasteiger partial charge in [-0.1, -0.05) is 18.2 Å². The Hall–Kier alpha value is -2.82. The highest BCUT2D eigenvalue weighted by atomic mass is 127. The number of hydrogen-bond acceptors (Lipinski definition) is 4. The second kappa shape index (κ2) is 13.5. The van der Waals surface area contributed by atoms with Crippen LogP contribution in [0.25, 0.3) is 0 Å². The summed E-state index contributed by atoms with van der Waals surface area (Å²) in [7, 11) is 5.17. The number of anilines is 1. The number of aliphatic imine (C=N–C) groups is 1. The normalized spacial score (nSPS) is 10.5. The Morgan fingerprint density at radius 2 is 1.77 bits per heavy atom. The van der Waals surface area contributed by atoms with E-state index in [4.69, 9.17) is 4.74 Å². The molecule has 0 bridgehead atoms. The quantitative estimate of drug-likeness (QED) is 0.208. The molecule has 0 fully saturated rings. The first-order valence-electron chi connectivity index (χ1n) is 9.64. The minimum absolute atomic E-state index is 0. The van der Waals surface area contributed by atoms with Crippen molar-refractivity contribution in [3.63, 3.8) is 0 Å². The lowest BCUT2D eigenvalue weighted by atomic mass is 10.1. The van der Waals surface area contributed by atoms with Crippen molar-refractivity contribution in [3.8, 4) is 5.75 Å². The van der Waals surface area contributed by atoms with Crippen LogP contribution >= 0.6 is 24.0 Å². The van der Waals surface area contributed by atoms with Crippen LogP contribution in [0.15, 0.2) is 53.5 Å². The number of ether oxygens (including phenoxy) is 1. The van der Waals surface area contributed by atoms with E-state index >= 15 is 0 Å². The van der Waals surface area contributed by atoms with Gasteiger partial charge in [-0.05, 0) is 29.8 Å². The zero-order chi connectivity index (χ0) is 21.9. The van der Waals surface area contributed by atoms with Crippen molar-refractivity contribution < 1.29 is 14.3 Å². The smallest absolute Gasteiger partial charge is 0.253 e. The van der Waals surface area contributed by atoms with Crippen molar-refractivity contribution in [2.75, 3.05) is 39.6 Å². The largest absolute Gasteiger partial charge is 0.492 e. The second-order valence-electron chi connectivity index (χ2n) is 6.81. The van der Waals surface area contributed by atoms with E-state index in [-0.39, 0.29) is 35.8 Å². The lowest BCUT2D eigenvalue weighted by molar-refractivity contribution is -0.114. The number of rotatable bonds is 8. The highest BCUT2D eigenvalue weighted by molar-refractivity contribution is 14.0. The van der Waals surface area contributed by atoms with Crippen LogP contribution in [0.3, 0.4) is 0 Å². The summed E-state index contributed by atoms with van der Waals surface area (Å²) in [6, 6.07) is 14.7. The maximum Gasteiger partial charge on any atom is 0.253 e. The van der Waals surface area contributed by atoms with Crippen LogP contribution in [0.4, 0.5) is 5.69 Å². The Kier molecular flexibility index (Phi) is 11.4. The summed E-state index contributed by atoms with van der Waals surface area (Å²) in [4.78, 5) is 28.8. The van der Waals surface area contributed by atoms with Gasteiger partial charge in [-0.15, -0.1) is 24.0 Å². The van der Waals surface area contributed by atoms with E-state index in [1.165, 1.54) is 6.92 Å². The molecule has 9 heteroatoms. The van der Waals surface area contributed by atoms with Gasteiger partial charge in [0.05, 0.1) is 6.54 Å². The van der Waals surface area contributed by atoms with Gasteiger partial charge in [-0.3, -0.25) is 14.6 Å². The van der Waals surface area contributed by atoms with Crippen molar-refractivity contribution in [1.82, 2.24) is 15.5 Å². The zero-order valence-electron chi connectivity index (χ0n) is 18.3. The lowest BCUT2D eigenvalue weighted by Gasteiger charge is -2.14. The van der Waals surface area contributed by atoms with E-state index < -0.39 is 0 Å². The molecular formula is C22H30IN5O3. The Bertz CT molecular complexity index is 885. The van der Waals surface area contributed by atoms with E-state index in [1.54, 1.807) is 38.2 Å². The maximum absolute atomic E-state index is 11.9. The fourth-order valence-electron chi connectivity index (χ4n) is 2.63. The number of hydrogen-bond donors (Lipinski definition) is 3. The van der Waals surface area contributed by atoms with Gasteiger partial charge in [-0.2, -0.15) is 0 Å². The third kappa shape index (κ3) is 9.24. The average Bonchev–Trinajstić information content (AvgIpc) is 2.73. The number of nitrogens with one attached hydrogen (secondary N) is 3. The molecule has 2 aromatic carbocycles. The van der Waals surface area contributed by atoms with Gasteiger partial charge in [0.1, 0.15) is 12.4 Å². The minimum atomic E-state index is -0.123. The third-order valence-electron chi connectivity index (χ3n) is 4.11. The maximum atomic E-state index is 11.9. The molecule has 0 heterocycles. The van der Waals surface area contributed by atoms with Crippen LogP contribution in [0.1, 0.15) is 22.8 Å². The number of guanidine groups is 1. The molecule has 0 spiro atoms. The molecule has 168 valence electrons. The minimum Gasteiger partial charge on any atom is -0.492 e. The van der Waals surface area contributed by atoms with Gasteiger partial charge in [0.25, 0.3) is 5.91 Å². The van der Waals surface area contributed by atoms with Crippen LogP contribution in [-0.2, 0) is 11.3 Å². The first-order chi connectivity index (χ1) is 14.4. The molecule has 31 heavy (non-hydrogen) atoms. The van der Waals surface area contributed by atoms with Crippen LogP contribution < -0.4 is 20.7 Å². The fourth-order valence-corrected chi connectivity index (χ4v) is 2.63. The lowest BCUT2D eigenvalue weighted by Crippen LogP contribution is -2.38. The molecule has 0 aliphatic heterocycles. The number of benzene rings is 2. The Morgan fingerprint density at radius 3 is 2.39 bits per heavy atom. The molecule has 0 radical (unpaired) electrons. The van der Waals surface area contributed by atoms with E-state index in [2.05, 4.69) is 20.9 Å². The highest BCUT2D eigenvalue weighted by Gasteiger charge is 2.07. The van der Waals surface area contributed by atoms with Crippen LogP contribution in [0, 0.1) is 0 Å². The molecule has 2 amide bonds. The molecule has 0 saturated heterocycles. The summed E-state index contributed by atoms with van der Waals surface area (Å²) in [5, 5.41) is 9.14. The van der Waals surface area contributed by atoms with E-state index in [1.807, 2.05) is 36.4 Å². The van der Waals surface area contributed by atoms with Gasteiger partial charge in [-0.25, -0.2) is 0 Å². The summed E-state index contributed by atoms with van der Waals surface area (Å²) in [6.45, 7) is 3.04. The van der Waals surface area contributed by atoms with Crippen molar-refractivity contribution in [2.24, 2.45) is 4.99 Å². The number of carbonyl (C=O) groups is 2. The van der Waals surface area contributed by atoms with Gasteiger partial charge in [0.15, 0.2) is 5.96 Å². The summed E-state index contributed by atoms with van der Waals surface area (Å²) in [5.74, 6) is 1.19. The first kappa shape index (κ1) is 26.2. The molecule has 0 saturated carbocycles. The van der Waals surface area contributed by atoms with E-state index in [0.29, 0.717) is 42.7 Å². The molecule has 0 aliphatic carbocycles. The molecule has 8 nitrogen and oxygen atoms in total. The number of carbonyl (C=O) groups excluding carboxylic acids is 2. The number of amides is 2. The molecular weight excluding hydrogens is 509 g/mol. The van der Waals surface area contributed by atoms with Crippen LogP contribution in [0.5, 0.6) is 5.75 Å². The number of halogens is 1. The van der Waals surface area contributed by atoms with Crippen molar-refractivity contribution in [1.29, 1.82) is 0 Å². The summed E-state index contributed by atoms with van der Waals surface area (Å²) in [6.07, 6.45) is 0. The monoisotopic (exact) mass is 539 g/mol. The van der Waals surface area contributed by atoms with Crippen LogP contribution in [0.2, 0.25) is 0 Å². The summed E-state index contributed by atoms with van der Waals surface area (Å²) < 4.78 is 5.71. The SMILES string of the molecule is CN=C(NCCOc1cccc(NC(C)=O)c1)NCc1ccc(C(=O)N(C)C)cc1.I. The predicted octanol–water partition coefficient (Wildman–Crippen LogP) is 2.71. The molecule has 2 rings (SSSR count). The first-order valence-corrected chi connectivity index (χ1v) is 9.64. The van der Waals surface area contributed by atoms with Crippen molar-refractivity contribution >= 4 is 47.4 Å². The van der Waals surface area contributed by atoms with Gasteiger partial charge >= 0.3 is 0 Å². The topological polar surface area (TPSA) is 95.1 Å². The molecule has 0 aliphatic rings. The van der Waals surface area contributed by atoms with Gasteiger partial charge in [0.2, 0.25) is 5.91 Å². The Labute approximate surface area is 200 Å². The second-order valence-corrected chi connectivity index (χ2v) is 6.81. The predicted molar refractivity (Wildman–Crippen MR) is 134 cm³/mol. The Morgan fingerprint density at radius 1 is 1.06 bits per heavy atom. The molecule has 0 aromatic heterocycles.